The van der Waals surface area contributed by atoms with Gasteiger partial charge in [0.15, 0.2) is 0 Å². The Morgan fingerprint density at radius 2 is 1.87 bits per heavy atom. The highest BCUT2D eigenvalue weighted by Crippen LogP contribution is 2.46. The number of nitrogens with one attached hydrogen (secondary N) is 2. The molecule has 0 bridgehead atoms. The zero-order valence-electron chi connectivity index (χ0n) is 18.0. The molecule has 0 spiro atoms. The number of phenolic OH excluding ortho intramolecular Hbond substituents is 1. The second-order valence-corrected chi connectivity index (χ2v) is 8.98. The lowest BCUT2D eigenvalue weighted by Crippen LogP contribution is -2.41. The minimum Gasteiger partial charge on any atom is -0.505 e. The quantitative estimate of drug-likeness (QED) is 0.271. The molecule has 31 heavy (non-hydrogen) atoms. The van der Waals surface area contributed by atoms with E-state index in [4.69, 9.17) is 4.42 Å². The molecule has 164 valence electrons. The van der Waals surface area contributed by atoms with Gasteiger partial charge in [0.2, 0.25) is 0 Å². The van der Waals surface area contributed by atoms with E-state index in [-0.39, 0.29) is 34.3 Å². The van der Waals surface area contributed by atoms with E-state index in [0.717, 1.165) is 24.2 Å². The van der Waals surface area contributed by atoms with Crippen molar-refractivity contribution in [2.75, 3.05) is 24.7 Å². The summed E-state index contributed by atoms with van der Waals surface area (Å²) in [5.74, 6) is 0.700. The van der Waals surface area contributed by atoms with E-state index >= 15 is 0 Å². The number of nitrogens with zero attached hydrogens (tertiary/aromatic N) is 1. The van der Waals surface area contributed by atoms with Crippen LogP contribution in [0.25, 0.3) is 0 Å². The van der Waals surface area contributed by atoms with Crippen molar-refractivity contribution in [3.8, 4) is 5.75 Å². The van der Waals surface area contributed by atoms with Crippen LogP contribution in [0, 0.1) is 5.41 Å². The lowest BCUT2D eigenvalue weighted by molar-refractivity contribution is 0.0376. The Morgan fingerprint density at radius 3 is 2.58 bits per heavy atom. The van der Waals surface area contributed by atoms with Gasteiger partial charge in [-0.1, -0.05) is 26.0 Å². The summed E-state index contributed by atoms with van der Waals surface area (Å²) in [4.78, 5) is 26.3. The highest BCUT2D eigenvalue weighted by Gasteiger charge is 2.39. The molecule has 3 aromatic rings. The molecular formula is C23H27N3O5. The largest absolute Gasteiger partial charge is 0.505 e. The molecule has 8 nitrogen and oxygen atoms in total. The van der Waals surface area contributed by atoms with E-state index in [2.05, 4.69) is 24.5 Å². The van der Waals surface area contributed by atoms with E-state index in [9.17, 15) is 19.8 Å². The third kappa shape index (κ3) is 3.51. The normalized spacial score (nSPS) is 18.7. The number of fused-ring (bicyclic) bond motifs is 1. The van der Waals surface area contributed by atoms with Crippen LogP contribution in [0.1, 0.15) is 49.4 Å². The summed E-state index contributed by atoms with van der Waals surface area (Å²) in [5.41, 5.74) is 0.387. The van der Waals surface area contributed by atoms with Crippen LogP contribution in [0.2, 0.25) is 0 Å². The van der Waals surface area contributed by atoms with Crippen molar-refractivity contribution in [2.45, 2.75) is 39.0 Å². The summed E-state index contributed by atoms with van der Waals surface area (Å²) in [6.07, 6.45) is 2.31. The summed E-state index contributed by atoms with van der Waals surface area (Å²) in [6.45, 7) is 4.22. The molecule has 0 radical (unpaired) electrons. The predicted molar refractivity (Wildman–Crippen MR) is 119 cm³/mol. The topological polar surface area (TPSA) is 115 Å². The molecule has 1 aliphatic rings. The number of hydrogen-bond donors (Lipinski definition) is 4. The molecule has 4 N–H and O–H groups in total. The first-order valence-electron chi connectivity index (χ1n) is 10.2. The van der Waals surface area contributed by atoms with Gasteiger partial charge in [-0.3, -0.25) is 14.5 Å². The number of rotatable bonds is 6. The molecule has 8 heteroatoms. The van der Waals surface area contributed by atoms with Crippen LogP contribution in [0.3, 0.4) is 0 Å². The standard InChI is InChI=1S/C23H27N3O5/c1-23(2)10-8-15-12(9-11-31-15)21(23)25-17-16(19(28)20(17)29)24-14-7-5-6-13(18(14)27)22(30)26(3)4/h5-7,9,11,21-22,24-25,27,30H,8,10H2,1-4H3/t21-,22?/m1/s1. The molecule has 4 rings (SSSR count). The Kier molecular flexibility index (Phi) is 5.15. The molecule has 0 aliphatic heterocycles. The summed E-state index contributed by atoms with van der Waals surface area (Å²) < 4.78 is 5.57. The van der Waals surface area contributed by atoms with Gasteiger partial charge < -0.3 is 25.3 Å². The van der Waals surface area contributed by atoms with Gasteiger partial charge in [-0.15, -0.1) is 0 Å². The summed E-state index contributed by atoms with van der Waals surface area (Å²) in [6, 6.07) is 6.53. The van der Waals surface area contributed by atoms with E-state index in [1.807, 2.05) is 6.07 Å². The van der Waals surface area contributed by atoms with Crippen molar-refractivity contribution in [1.29, 1.82) is 0 Å². The van der Waals surface area contributed by atoms with Crippen molar-refractivity contribution in [2.24, 2.45) is 5.41 Å². The monoisotopic (exact) mass is 425 g/mol. The first kappa shape index (κ1) is 21.1. The minimum atomic E-state index is -1.02. The van der Waals surface area contributed by atoms with Crippen molar-refractivity contribution in [1.82, 2.24) is 4.90 Å². The average Bonchev–Trinajstić information content (AvgIpc) is 3.20. The molecule has 0 saturated heterocycles. The van der Waals surface area contributed by atoms with Crippen LogP contribution in [0.5, 0.6) is 5.75 Å². The van der Waals surface area contributed by atoms with Crippen LogP contribution >= 0.6 is 0 Å². The summed E-state index contributed by atoms with van der Waals surface area (Å²) in [5, 5.41) is 27.1. The Balaban J connectivity index is 1.66. The van der Waals surface area contributed by atoms with E-state index in [0.29, 0.717) is 5.56 Å². The second kappa shape index (κ2) is 7.55. The maximum absolute atomic E-state index is 12.4. The fourth-order valence-corrected chi connectivity index (χ4v) is 4.16. The molecule has 1 aliphatic carbocycles. The molecule has 2 aromatic carbocycles. The van der Waals surface area contributed by atoms with Crippen molar-refractivity contribution in [3.05, 3.63) is 67.9 Å². The molecule has 2 atom stereocenters. The number of aliphatic hydroxyl groups is 1. The van der Waals surface area contributed by atoms with Gasteiger partial charge in [-0.2, -0.15) is 0 Å². The first-order chi connectivity index (χ1) is 14.6. The average molecular weight is 425 g/mol. The number of aliphatic hydroxyl groups excluding tert-OH is 1. The summed E-state index contributed by atoms with van der Waals surface area (Å²) >= 11 is 0. The minimum absolute atomic E-state index is 0.100. The van der Waals surface area contributed by atoms with Gasteiger partial charge in [0, 0.05) is 17.5 Å². The highest BCUT2D eigenvalue weighted by molar-refractivity contribution is 5.81. The number of anilines is 3. The molecular weight excluding hydrogens is 398 g/mol. The molecule has 0 fully saturated rings. The Hall–Kier alpha value is -3.10. The first-order valence-corrected chi connectivity index (χ1v) is 10.2. The smallest absolute Gasteiger partial charge is 0.253 e. The highest BCUT2D eigenvalue weighted by atomic mass is 16.3. The number of hydrogen-bond acceptors (Lipinski definition) is 8. The zero-order valence-corrected chi connectivity index (χ0v) is 18.0. The summed E-state index contributed by atoms with van der Waals surface area (Å²) in [7, 11) is 3.36. The van der Waals surface area contributed by atoms with Gasteiger partial charge >= 0.3 is 0 Å². The fourth-order valence-electron chi connectivity index (χ4n) is 4.16. The van der Waals surface area contributed by atoms with Crippen LogP contribution in [-0.2, 0) is 6.42 Å². The third-order valence-electron chi connectivity index (χ3n) is 6.16. The number of para-hydroxylation sites is 1. The molecule has 1 heterocycles. The lowest BCUT2D eigenvalue weighted by atomic mass is 9.72. The number of benzene rings is 1. The lowest BCUT2D eigenvalue weighted by Gasteiger charge is -2.39. The van der Waals surface area contributed by atoms with Crippen LogP contribution in [0.4, 0.5) is 17.1 Å². The van der Waals surface area contributed by atoms with Gasteiger partial charge in [0.05, 0.1) is 18.0 Å². The van der Waals surface area contributed by atoms with Crippen molar-refractivity contribution in [3.63, 3.8) is 0 Å². The molecule has 1 aromatic heterocycles. The molecule has 0 saturated carbocycles. The number of aromatic hydroxyl groups is 1. The second-order valence-electron chi connectivity index (χ2n) is 8.98. The molecule has 1 unspecified atom stereocenters. The Labute approximate surface area is 179 Å². The zero-order chi connectivity index (χ0) is 22.5. The maximum Gasteiger partial charge on any atom is 0.253 e. The SMILES string of the molecule is CN(C)C(O)c1cccc(Nc2c(N[C@@H]3c4ccoc4CCC3(C)C)c(=O)c2=O)c1O. The third-order valence-corrected chi connectivity index (χ3v) is 6.16. The van der Waals surface area contributed by atoms with Crippen LogP contribution in [-0.4, -0.2) is 29.2 Å². The Bertz CT molecular complexity index is 1190. The van der Waals surface area contributed by atoms with Crippen LogP contribution in [0.15, 0.2) is 44.5 Å². The maximum atomic E-state index is 12.4. The Morgan fingerprint density at radius 1 is 1.16 bits per heavy atom. The van der Waals surface area contributed by atoms with Gasteiger partial charge in [0.1, 0.15) is 29.1 Å². The van der Waals surface area contributed by atoms with Gasteiger partial charge in [-0.25, -0.2) is 0 Å². The number of aryl methyl sites for hydroxylation is 1. The van der Waals surface area contributed by atoms with Crippen molar-refractivity contribution >= 4 is 17.1 Å². The number of phenols is 1. The predicted octanol–water partition coefficient (Wildman–Crippen LogP) is 3.00. The molecule has 0 amide bonds. The van der Waals surface area contributed by atoms with Crippen LogP contribution < -0.4 is 21.5 Å². The van der Waals surface area contributed by atoms with Gasteiger partial charge in [0.25, 0.3) is 10.9 Å². The van der Waals surface area contributed by atoms with E-state index < -0.39 is 17.1 Å². The van der Waals surface area contributed by atoms with E-state index in [1.54, 1.807) is 38.6 Å². The van der Waals surface area contributed by atoms with Gasteiger partial charge in [-0.05, 0) is 38.1 Å². The number of furan rings is 1. The fraction of sp³-hybridized carbons (Fsp3) is 0.391. The van der Waals surface area contributed by atoms with Crippen molar-refractivity contribution < 1.29 is 14.6 Å². The van der Waals surface area contributed by atoms with E-state index in [1.165, 1.54) is 4.90 Å².